The fourth-order valence-electron chi connectivity index (χ4n) is 2.76. The number of amides is 1. The number of ether oxygens (including phenoxy) is 1. The number of hydrogen-bond donors (Lipinski definition) is 1. The highest BCUT2D eigenvalue weighted by Gasteiger charge is 2.24. The summed E-state index contributed by atoms with van der Waals surface area (Å²) in [5, 5.41) is 4.62. The van der Waals surface area contributed by atoms with Crippen molar-refractivity contribution in [2.75, 3.05) is 0 Å². The smallest absolute Gasteiger partial charge is 0.264 e. The third-order valence-electron chi connectivity index (χ3n) is 4.27. The van der Waals surface area contributed by atoms with Crippen molar-refractivity contribution >= 4 is 73.7 Å². The number of carbonyl (C=O) groups excluding carboxylic acids is 1. The van der Waals surface area contributed by atoms with Crippen molar-refractivity contribution in [3.8, 4) is 5.75 Å². The molecule has 4 rings (SSSR count). The minimum absolute atomic E-state index is 0.207. The summed E-state index contributed by atoms with van der Waals surface area (Å²) in [7, 11) is 0. The molecule has 1 amide bonds. The van der Waals surface area contributed by atoms with E-state index in [4.69, 9.17) is 27.9 Å². The number of carbonyl (C=O) groups is 1. The van der Waals surface area contributed by atoms with Crippen LogP contribution >= 0.6 is 50.9 Å². The Kier molecular flexibility index (Phi) is 7.02. The maximum absolute atomic E-state index is 12.5. The zero-order valence-electron chi connectivity index (χ0n) is 15.9. The van der Waals surface area contributed by atoms with Gasteiger partial charge in [-0.1, -0.05) is 51.3 Å². The fourth-order valence-corrected chi connectivity index (χ4v) is 4.22. The van der Waals surface area contributed by atoms with Crippen molar-refractivity contribution < 1.29 is 9.53 Å². The monoisotopic (exact) mass is 532 g/mol. The molecule has 0 bridgehead atoms. The minimum Gasteiger partial charge on any atom is -0.488 e. The van der Waals surface area contributed by atoms with Gasteiger partial charge in [-0.05, 0) is 78.0 Å². The van der Waals surface area contributed by atoms with Gasteiger partial charge in [0.1, 0.15) is 12.4 Å². The second kappa shape index (κ2) is 9.92. The largest absolute Gasteiger partial charge is 0.488 e. The zero-order valence-corrected chi connectivity index (χ0v) is 19.9. The summed E-state index contributed by atoms with van der Waals surface area (Å²) in [5.74, 6) is 0.462. The molecule has 31 heavy (non-hydrogen) atoms. The molecule has 8 heteroatoms. The third kappa shape index (κ3) is 5.92. The second-order valence-corrected chi connectivity index (χ2v) is 9.37. The molecule has 4 nitrogen and oxygen atoms in total. The lowest BCUT2D eigenvalue weighted by atomic mass is 10.2. The number of rotatable bonds is 5. The van der Waals surface area contributed by atoms with Gasteiger partial charge in [0.25, 0.3) is 5.91 Å². The lowest BCUT2D eigenvalue weighted by Gasteiger charge is -2.10. The van der Waals surface area contributed by atoms with Gasteiger partial charge in [-0.3, -0.25) is 4.79 Å². The molecule has 3 aromatic rings. The van der Waals surface area contributed by atoms with Gasteiger partial charge in [-0.25, -0.2) is 4.99 Å². The van der Waals surface area contributed by atoms with E-state index >= 15 is 0 Å². The van der Waals surface area contributed by atoms with Gasteiger partial charge in [0.05, 0.1) is 10.6 Å². The van der Waals surface area contributed by atoms with Crippen molar-refractivity contribution in [2.45, 2.75) is 6.61 Å². The van der Waals surface area contributed by atoms with E-state index in [1.807, 2.05) is 42.5 Å². The lowest BCUT2D eigenvalue weighted by Crippen LogP contribution is -2.19. The predicted molar refractivity (Wildman–Crippen MR) is 132 cm³/mol. The Labute approximate surface area is 202 Å². The molecule has 0 saturated carbocycles. The quantitative estimate of drug-likeness (QED) is 0.352. The molecule has 0 atom stereocenters. The van der Waals surface area contributed by atoms with Gasteiger partial charge in [0.15, 0.2) is 5.17 Å². The van der Waals surface area contributed by atoms with Gasteiger partial charge in [0.2, 0.25) is 0 Å². The van der Waals surface area contributed by atoms with Crippen molar-refractivity contribution in [1.29, 1.82) is 0 Å². The van der Waals surface area contributed by atoms with Crippen LogP contribution in [0.2, 0.25) is 10.0 Å². The summed E-state index contributed by atoms with van der Waals surface area (Å²) in [6.07, 6.45) is 1.80. The molecule has 0 unspecified atom stereocenters. The zero-order chi connectivity index (χ0) is 21.8. The van der Waals surface area contributed by atoms with Crippen LogP contribution in [0.1, 0.15) is 11.1 Å². The SMILES string of the molecule is O=C1NC(=Nc2ccc(Cl)cc2)S/C1=C\c1cc(Br)ccc1OCc1ccc(Cl)cc1. The fraction of sp³-hybridized carbons (Fsp3) is 0.0435. The topological polar surface area (TPSA) is 50.7 Å². The molecular weight excluding hydrogens is 519 g/mol. The minimum atomic E-state index is -0.207. The van der Waals surface area contributed by atoms with Crippen LogP contribution in [0.3, 0.4) is 0 Å². The van der Waals surface area contributed by atoms with Crippen molar-refractivity contribution in [3.05, 3.63) is 97.3 Å². The summed E-state index contributed by atoms with van der Waals surface area (Å²) in [6, 6.07) is 20.3. The number of nitrogens with zero attached hydrogens (tertiary/aromatic N) is 1. The summed E-state index contributed by atoms with van der Waals surface area (Å²) < 4.78 is 6.89. The van der Waals surface area contributed by atoms with Crippen LogP contribution in [0.5, 0.6) is 5.75 Å². The van der Waals surface area contributed by atoms with Crippen LogP contribution in [-0.4, -0.2) is 11.1 Å². The molecule has 1 N–H and O–H groups in total. The van der Waals surface area contributed by atoms with E-state index in [1.165, 1.54) is 11.8 Å². The Morgan fingerprint density at radius 3 is 2.39 bits per heavy atom. The molecule has 1 heterocycles. The van der Waals surface area contributed by atoms with E-state index in [0.717, 1.165) is 15.6 Å². The van der Waals surface area contributed by atoms with E-state index in [-0.39, 0.29) is 5.91 Å². The first-order valence-corrected chi connectivity index (χ1v) is 11.5. The van der Waals surface area contributed by atoms with E-state index in [2.05, 4.69) is 26.2 Å². The van der Waals surface area contributed by atoms with Crippen LogP contribution in [0.4, 0.5) is 5.69 Å². The maximum atomic E-state index is 12.5. The Morgan fingerprint density at radius 2 is 1.68 bits per heavy atom. The number of thioether (sulfide) groups is 1. The first kappa shape index (κ1) is 22.0. The Balaban J connectivity index is 1.54. The number of nitrogens with one attached hydrogen (secondary N) is 1. The number of benzene rings is 3. The summed E-state index contributed by atoms with van der Waals surface area (Å²) in [6.45, 7) is 0.386. The van der Waals surface area contributed by atoms with Gasteiger partial charge in [0, 0.05) is 20.1 Å². The molecule has 0 spiro atoms. The average Bonchev–Trinajstić information content (AvgIpc) is 3.09. The van der Waals surface area contributed by atoms with Gasteiger partial charge < -0.3 is 10.1 Å². The number of amidine groups is 1. The van der Waals surface area contributed by atoms with Crippen molar-refractivity contribution in [2.24, 2.45) is 4.99 Å². The van der Waals surface area contributed by atoms with Gasteiger partial charge in [-0.15, -0.1) is 0 Å². The normalized spacial score (nSPS) is 16.0. The molecule has 1 aliphatic heterocycles. The summed E-state index contributed by atoms with van der Waals surface area (Å²) >= 11 is 16.6. The molecule has 1 saturated heterocycles. The Hall–Kier alpha value is -2.25. The van der Waals surface area contributed by atoms with Gasteiger partial charge in [-0.2, -0.15) is 0 Å². The van der Waals surface area contributed by atoms with Crippen LogP contribution < -0.4 is 10.1 Å². The first-order chi connectivity index (χ1) is 15.0. The van der Waals surface area contributed by atoms with E-state index < -0.39 is 0 Å². The highest BCUT2D eigenvalue weighted by atomic mass is 79.9. The Morgan fingerprint density at radius 1 is 1.00 bits per heavy atom. The number of halogens is 3. The maximum Gasteiger partial charge on any atom is 0.264 e. The molecule has 3 aromatic carbocycles. The van der Waals surface area contributed by atoms with Crippen LogP contribution in [0, 0.1) is 0 Å². The average molecular weight is 534 g/mol. The Bertz CT molecular complexity index is 1180. The molecule has 156 valence electrons. The van der Waals surface area contributed by atoms with Crippen LogP contribution in [0.25, 0.3) is 6.08 Å². The molecular formula is C23H15BrCl2N2O2S. The highest BCUT2D eigenvalue weighted by molar-refractivity contribution is 9.10. The number of hydrogen-bond acceptors (Lipinski definition) is 4. The first-order valence-electron chi connectivity index (χ1n) is 9.18. The van der Waals surface area contributed by atoms with E-state index in [1.54, 1.807) is 30.3 Å². The summed E-state index contributed by atoms with van der Waals surface area (Å²) in [4.78, 5) is 17.5. The standard InChI is InChI=1S/C23H15BrCl2N2O2S/c24-16-3-10-20(30-13-14-1-4-17(25)5-2-14)15(11-16)12-21-22(29)28-23(31-21)27-19-8-6-18(26)7-9-19/h1-12H,13H2,(H,27,28,29)/b21-12-. The van der Waals surface area contributed by atoms with Crippen molar-refractivity contribution in [3.63, 3.8) is 0 Å². The second-order valence-electron chi connectivity index (χ2n) is 6.56. The lowest BCUT2D eigenvalue weighted by molar-refractivity contribution is -0.115. The molecule has 0 radical (unpaired) electrons. The van der Waals surface area contributed by atoms with Crippen LogP contribution in [-0.2, 0) is 11.4 Å². The molecule has 1 aliphatic rings. The van der Waals surface area contributed by atoms with Gasteiger partial charge >= 0.3 is 0 Å². The number of aliphatic imine (C=N–C) groups is 1. The molecule has 1 fully saturated rings. The van der Waals surface area contributed by atoms with E-state index in [0.29, 0.717) is 38.2 Å². The highest BCUT2D eigenvalue weighted by Crippen LogP contribution is 2.32. The third-order valence-corrected chi connectivity index (χ3v) is 6.18. The molecule has 0 aliphatic carbocycles. The van der Waals surface area contributed by atoms with Crippen LogP contribution in [0.15, 0.2) is 81.1 Å². The molecule has 0 aromatic heterocycles. The van der Waals surface area contributed by atoms with Crippen molar-refractivity contribution in [1.82, 2.24) is 5.32 Å². The predicted octanol–water partition coefficient (Wildman–Crippen LogP) is 7.23. The van der Waals surface area contributed by atoms with E-state index in [9.17, 15) is 4.79 Å². The summed E-state index contributed by atoms with van der Waals surface area (Å²) in [5.41, 5.74) is 2.49.